The van der Waals surface area contributed by atoms with E-state index in [-0.39, 0.29) is 17.1 Å². The molecule has 3 aromatic heterocycles. The fourth-order valence-corrected chi connectivity index (χ4v) is 3.12. The highest BCUT2D eigenvalue weighted by Gasteiger charge is 2.24. The van der Waals surface area contributed by atoms with Gasteiger partial charge in [0.05, 0.1) is 17.6 Å². The topological polar surface area (TPSA) is 124 Å². The quantitative estimate of drug-likeness (QED) is 0.461. The molecule has 1 aromatic carbocycles. The van der Waals surface area contributed by atoms with Gasteiger partial charge in [-0.3, -0.25) is 9.48 Å². The van der Waals surface area contributed by atoms with Gasteiger partial charge in [0.2, 0.25) is 11.8 Å². The first-order valence-electron chi connectivity index (χ1n) is 10.5. The van der Waals surface area contributed by atoms with Crippen molar-refractivity contribution in [3.63, 3.8) is 0 Å². The minimum Gasteiger partial charge on any atom is -0.345 e. The first kappa shape index (κ1) is 22.1. The van der Waals surface area contributed by atoms with Crippen LogP contribution in [0.1, 0.15) is 48.4 Å². The molecule has 0 radical (unpaired) electrons. The second-order valence-electron chi connectivity index (χ2n) is 8.79. The third-order valence-corrected chi connectivity index (χ3v) is 4.97. The van der Waals surface area contributed by atoms with E-state index < -0.39 is 0 Å². The van der Waals surface area contributed by atoms with E-state index in [0.29, 0.717) is 18.4 Å². The Morgan fingerprint density at radius 3 is 2.67 bits per heavy atom. The van der Waals surface area contributed by atoms with Crippen molar-refractivity contribution in [2.45, 2.75) is 39.7 Å². The van der Waals surface area contributed by atoms with Crippen LogP contribution in [0.3, 0.4) is 0 Å². The highest BCUT2D eigenvalue weighted by molar-refractivity contribution is 5.90. The number of nitrogens with one attached hydrogen (secondary N) is 2. The number of aromatic nitrogens is 6. The van der Waals surface area contributed by atoms with Gasteiger partial charge in [-0.15, -0.1) is 0 Å². The van der Waals surface area contributed by atoms with Crippen LogP contribution in [0.2, 0.25) is 0 Å². The molecule has 0 atom stereocenters. The number of hydrogen-bond acceptors (Lipinski definition) is 8. The number of carbonyl (C=O) groups is 1. The fourth-order valence-electron chi connectivity index (χ4n) is 3.12. The van der Waals surface area contributed by atoms with Crippen LogP contribution in [0.4, 0.5) is 11.6 Å². The summed E-state index contributed by atoms with van der Waals surface area (Å²) < 4.78 is 6.90. The maximum atomic E-state index is 12.4. The SMILES string of the molecule is Cc1cc(-c2ccnc(Nc3cnn(C)c3)n2)ccc1CNC(=O)c1noc(C(C)(C)C)n1. The Hall–Kier alpha value is -4.08. The predicted molar refractivity (Wildman–Crippen MR) is 123 cm³/mol. The van der Waals surface area contributed by atoms with Crippen molar-refractivity contribution in [2.75, 3.05) is 5.32 Å². The minimum absolute atomic E-state index is 0.0313. The van der Waals surface area contributed by atoms with E-state index in [1.54, 1.807) is 17.1 Å². The van der Waals surface area contributed by atoms with E-state index in [2.05, 4.69) is 35.8 Å². The number of amides is 1. The fraction of sp³-hybridized carbons (Fsp3) is 0.304. The second kappa shape index (κ2) is 8.81. The molecular formula is C23H26N8O2. The molecule has 0 saturated carbocycles. The van der Waals surface area contributed by atoms with Crippen molar-refractivity contribution in [2.24, 2.45) is 7.05 Å². The molecule has 0 aliphatic carbocycles. The number of benzene rings is 1. The molecule has 0 fully saturated rings. The molecule has 3 heterocycles. The van der Waals surface area contributed by atoms with Crippen molar-refractivity contribution >= 4 is 17.5 Å². The summed E-state index contributed by atoms with van der Waals surface area (Å²) in [5.41, 5.74) is 4.25. The van der Waals surface area contributed by atoms with Crippen LogP contribution in [0, 0.1) is 6.92 Å². The van der Waals surface area contributed by atoms with Gasteiger partial charge < -0.3 is 15.2 Å². The van der Waals surface area contributed by atoms with Crippen LogP contribution >= 0.6 is 0 Å². The van der Waals surface area contributed by atoms with Gasteiger partial charge >= 0.3 is 0 Å². The molecule has 4 aromatic rings. The molecule has 0 aliphatic heterocycles. The molecule has 10 nitrogen and oxygen atoms in total. The molecule has 0 saturated heterocycles. The van der Waals surface area contributed by atoms with Gasteiger partial charge in [-0.25, -0.2) is 9.97 Å². The average molecular weight is 447 g/mol. The van der Waals surface area contributed by atoms with Gasteiger partial charge in [-0.05, 0) is 30.2 Å². The predicted octanol–water partition coefficient (Wildman–Crippen LogP) is 3.54. The van der Waals surface area contributed by atoms with Gasteiger partial charge in [-0.1, -0.05) is 38.1 Å². The molecule has 170 valence electrons. The summed E-state index contributed by atoms with van der Waals surface area (Å²) in [6.45, 7) is 8.18. The monoisotopic (exact) mass is 446 g/mol. The van der Waals surface area contributed by atoms with Gasteiger partial charge in [0.1, 0.15) is 0 Å². The maximum absolute atomic E-state index is 12.4. The third-order valence-electron chi connectivity index (χ3n) is 4.97. The molecule has 4 rings (SSSR count). The number of rotatable bonds is 6. The van der Waals surface area contributed by atoms with Crippen LogP contribution in [0.25, 0.3) is 11.3 Å². The highest BCUT2D eigenvalue weighted by atomic mass is 16.5. The lowest BCUT2D eigenvalue weighted by atomic mass is 9.97. The lowest BCUT2D eigenvalue weighted by molar-refractivity contribution is 0.0937. The Labute approximate surface area is 191 Å². The van der Waals surface area contributed by atoms with E-state index in [9.17, 15) is 4.79 Å². The molecule has 33 heavy (non-hydrogen) atoms. The standard InChI is InChI=1S/C23H26N8O2/c1-14-10-15(18-8-9-24-22(28-18)27-17-12-26-31(5)13-17)6-7-16(14)11-25-20(32)19-29-21(33-30-19)23(2,3)4/h6-10,12-13H,11H2,1-5H3,(H,25,32)(H,24,27,28). The molecule has 0 spiro atoms. The number of anilines is 2. The van der Waals surface area contributed by atoms with E-state index >= 15 is 0 Å². The largest absolute Gasteiger partial charge is 0.345 e. The van der Waals surface area contributed by atoms with Crippen molar-refractivity contribution in [1.82, 2.24) is 35.2 Å². The van der Waals surface area contributed by atoms with E-state index in [0.717, 1.165) is 28.1 Å². The summed E-state index contributed by atoms with van der Waals surface area (Å²) in [6.07, 6.45) is 5.27. The Bertz CT molecular complexity index is 1290. The van der Waals surface area contributed by atoms with Crippen molar-refractivity contribution in [3.05, 3.63) is 65.7 Å². The number of nitrogens with zero attached hydrogens (tertiary/aromatic N) is 6. The van der Waals surface area contributed by atoms with E-state index in [1.165, 1.54) is 0 Å². The summed E-state index contributed by atoms with van der Waals surface area (Å²) in [5, 5.41) is 13.9. The lowest BCUT2D eigenvalue weighted by Gasteiger charge is -2.10. The number of aryl methyl sites for hydroxylation is 2. The van der Waals surface area contributed by atoms with Crippen molar-refractivity contribution in [1.29, 1.82) is 0 Å². The highest BCUT2D eigenvalue weighted by Crippen LogP contribution is 2.23. The molecule has 10 heteroatoms. The van der Waals surface area contributed by atoms with Crippen LogP contribution in [-0.2, 0) is 19.0 Å². The minimum atomic E-state index is -0.375. The Kier molecular flexibility index (Phi) is 5.91. The Balaban J connectivity index is 1.43. The first-order chi connectivity index (χ1) is 15.7. The van der Waals surface area contributed by atoms with E-state index in [1.807, 2.05) is 65.2 Å². The Morgan fingerprint density at radius 2 is 2.00 bits per heavy atom. The average Bonchev–Trinajstić information content (AvgIpc) is 3.42. The number of carbonyl (C=O) groups excluding carboxylic acids is 1. The molecule has 0 bridgehead atoms. The molecule has 0 unspecified atom stereocenters. The summed E-state index contributed by atoms with van der Waals surface area (Å²) in [5.74, 6) is 0.572. The van der Waals surface area contributed by atoms with Crippen molar-refractivity contribution in [3.8, 4) is 11.3 Å². The number of hydrogen-bond donors (Lipinski definition) is 2. The molecular weight excluding hydrogens is 420 g/mol. The molecule has 1 amide bonds. The second-order valence-corrected chi connectivity index (χ2v) is 8.79. The van der Waals surface area contributed by atoms with Crippen molar-refractivity contribution < 1.29 is 9.32 Å². The smallest absolute Gasteiger partial charge is 0.292 e. The summed E-state index contributed by atoms with van der Waals surface area (Å²) >= 11 is 0. The summed E-state index contributed by atoms with van der Waals surface area (Å²) in [7, 11) is 1.85. The first-order valence-corrected chi connectivity index (χ1v) is 10.5. The van der Waals surface area contributed by atoms with Crippen LogP contribution in [0.15, 0.2) is 47.4 Å². The van der Waals surface area contributed by atoms with Gasteiger partial charge in [-0.2, -0.15) is 10.1 Å². The van der Waals surface area contributed by atoms with Gasteiger partial charge in [0, 0.05) is 37.0 Å². The Morgan fingerprint density at radius 1 is 1.18 bits per heavy atom. The van der Waals surface area contributed by atoms with E-state index in [4.69, 9.17) is 4.52 Å². The molecule has 2 N–H and O–H groups in total. The molecule has 0 aliphatic rings. The normalized spacial score (nSPS) is 11.4. The third kappa shape index (κ3) is 5.22. The van der Waals surface area contributed by atoms with Gasteiger partial charge in [0.15, 0.2) is 0 Å². The van der Waals surface area contributed by atoms with Crippen LogP contribution in [-0.4, -0.2) is 35.8 Å². The summed E-state index contributed by atoms with van der Waals surface area (Å²) in [6, 6.07) is 7.83. The summed E-state index contributed by atoms with van der Waals surface area (Å²) in [4.78, 5) is 25.5. The zero-order valence-electron chi connectivity index (χ0n) is 19.2. The lowest BCUT2D eigenvalue weighted by Crippen LogP contribution is -2.24. The van der Waals surface area contributed by atoms with Crippen LogP contribution < -0.4 is 10.6 Å². The zero-order valence-corrected chi connectivity index (χ0v) is 19.2. The van der Waals surface area contributed by atoms with Crippen LogP contribution in [0.5, 0.6) is 0 Å². The van der Waals surface area contributed by atoms with Gasteiger partial charge in [0.25, 0.3) is 11.7 Å². The zero-order chi connectivity index (χ0) is 23.6. The maximum Gasteiger partial charge on any atom is 0.292 e.